The van der Waals surface area contributed by atoms with Crippen molar-refractivity contribution in [3.63, 3.8) is 0 Å². The van der Waals surface area contributed by atoms with Gasteiger partial charge in [0.2, 0.25) is 11.8 Å². The van der Waals surface area contributed by atoms with Crippen LogP contribution in [0.3, 0.4) is 0 Å². The Labute approximate surface area is 202 Å². The lowest BCUT2D eigenvalue weighted by atomic mass is 9.92. The lowest BCUT2D eigenvalue weighted by molar-refractivity contribution is -0.129. The van der Waals surface area contributed by atoms with Crippen LogP contribution in [0.4, 0.5) is 5.82 Å². The lowest BCUT2D eigenvalue weighted by Crippen LogP contribution is -2.36. The fraction of sp³-hybridized carbons (Fsp3) is 0.519. The zero-order valence-electron chi connectivity index (χ0n) is 20.3. The van der Waals surface area contributed by atoms with Gasteiger partial charge in [0.05, 0.1) is 19.1 Å². The minimum absolute atomic E-state index is 0.0435. The number of amides is 2. The Morgan fingerprint density at radius 3 is 2.53 bits per heavy atom. The molecule has 3 heterocycles. The minimum Gasteiger partial charge on any atom is -0.497 e. The summed E-state index contributed by atoms with van der Waals surface area (Å²) in [4.78, 5) is 34.9. The number of benzene rings is 1. The molecule has 2 aliphatic heterocycles. The molecule has 2 fully saturated rings. The summed E-state index contributed by atoms with van der Waals surface area (Å²) in [5.41, 5.74) is 1.93. The summed E-state index contributed by atoms with van der Waals surface area (Å²) in [5.74, 6) is 1.30. The molecule has 2 amide bonds. The maximum atomic E-state index is 13.3. The Kier molecular flexibility index (Phi) is 8.03. The number of pyridine rings is 1. The first-order chi connectivity index (χ1) is 16.6. The maximum Gasteiger partial charge on any atom is 0.226 e. The number of nitrogens with zero attached hydrogens (tertiary/aromatic N) is 3. The molecule has 34 heavy (non-hydrogen) atoms. The molecule has 0 bridgehead atoms. The number of nitrogens with one attached hydrogen (secondary N) is 1. The molecule has 0 radical (unpaired) electrons. The van der Waals surface area contributed by atoms with Crippen LogP contribution in [0.15, 0.2) is 42.6 Å². The summed E-state index contributed by atoms with van der Waals surface area (Å²) in [6, 6.07) is 11.5. The van der Waals surface area contributed by atoms with Gasteiger partial charge in [0, 0.05) is 38.8 Å². The number of hydrogen-bond donors (Lipinski definition) is 1. The molecule has 1 aromatic carbocycles. The first-order valence-electron chi connectivity index (χ1n) is 12.5. The van der Waals surface area contributed by atoms with Crippen molar-refractivity contribution in [2.75, 3.05) is 31.6 Å². The smallest absolute Gasteiger partial charge is 0.226 e. The minimum atomic E-state index is -0.418. The van der Waals surface area contributed by atoms with Crippen molar-refractivity contribution in [1.82, 2.24) is 15.2 Å². The van der Waals surface area contributed by atoms with Crippen LogP contribution in [0, 0.1) is 5.92 Å². The van der Waals surface area contributed by atoms with Gasteiger partial charge in [-0.15, -0.1) is 0 Å². The van der Waals surface area contributed by atoms with Gasteiger partial charge in [-0.1, -0.05) is 31.5 Å². The number of unbranched alkanes of at least 4 members (excludes halogenated alkanes) is 1. The van der Waals surface area contributed by atoms with E-state index in [1.54, 1.807) is 7.11 Å². The van der Waals surface area contributed by atoms with Gasteiger partial charge >= 0.3 is 0 Å². The van der Waals surface area contributed by atoms with Crippen LogP contribution >= 0.6 is 0 Å². The topological polar surface area (TPSA) is 74.8 Å². The molecular formula is C27H36N4O3. The monoisotopic (exact) mass is 464 g/mol. The van der Waals surface area contributed by atoms with Crippen LogP contribution in [0.25, 0.3) is 0 Å². The molecule has 7 heteroatoms. The van der Waals surface area contributed by atoms with Gasteiger partial charge in [-0.2, -0.15) is 0 Å². The van der Waals surface area contributed by atoms with Crippen molar-refractivity contribution in [3.8, 4) is 5.75 Å². The standard InChI is InChI=1S/C27H36N4O3/c1-3-4-16-31-25(32)17-23(26(31)21-9-11-22(34-2)12-10-21)27(33)29-19-20-8-13-24(28-18-20)30-14-6-5-7-15-30/h8-13,18,23,26H,3-7,14-17,19H2,1-2H3,(H,29,33). The Morgan fingerprint density at radius 2 is 1.88 bits per heavy atom. The van der Waals surface area contributed by atoms with Crippen LogP contribution < -0.4 is 15.0 Å². The Morgan fingerprint density at radius 1 is 1.12 bits per heavy atom. The highest BCUT2D eigenvalue weighted by atomic mass is 16.5. The largest absolute Gasteiger partial charge is 0.497 e. The van der Waals surface area contributed by atoms with Crippen molar-refractivity contribution < 1.29 is 14.3 Å². The fourth-order valence-corrected chi connectivity index (χ4v) is 4.98. The van der Waals surface area contributed by atoms with Crippen molar-refractivity contribution in [2.45, 2.75) is 58.0 Å². The molecule has 4 rings (SSSR count). The average molecular weight is 465 g/mol. The molecule has 182 valence electrons. The number of rotatable bonds is 9. The molecule has 2 aromatic rings. The van der Waals surface area contributed by atoms with E-state index in [-0.39, 0.29) is 24.3 Å². The number of piperidine rings is 1. The average Bonchev–Trinajstić information content (AvgIpc) is 3.22. The molecular weight excluding hydrogens is 428 g/mol. The zero-order chi connectivity index (χ0) is 23.9. The van der Waals surface area contributed by atoms with Crippen LogP contribution in [0.5, 0.6) is 5.75 Å². The van der Waals surface area contributed by atoms with Gasteiger partial charge in [0.15, 0.2) is 0 Å². The summed E-state index contributed by atoms with van der Waals surface area (Å²) < 4.78 is 5.28. The van der Waals surface area contributed by atoms with Crippen LogP contribution in [0.1, 0.15) is 62.6 Å². The van der Waals surface area contributed by atoms with Gasteiger partial charge < -0.3 is 19.9 Å². The number of ether oxygens (including phenoxy) is 1. The maximum absolute atomic E-state index is 13.3. The van der Waals surface area contributed by atoms with Gasteiger partial charge in [-0.25, -0.2) is 4.98 Å². The Bertz CT molecular complexity index is 955. The third-order valence-corrected chi connectivity index (χ3v) is 6.93. The Hall–Kier alpha value is -3.09. The lowest BCUT2D eigenvalue weighted by Gasteiger charge is -2.28. The SMILES string of the molecule is CCCCN1C(=O)CC(C(=O)NCc2ccc(N3CCCCC3)nc2)C1c1ccc(OC)cc1. The third kappa shape index (κ3) is 5.51. The highest BCUT2D eigenvalue weighted by Crippen LogP contribution is 2.39. The van der Waals surface area contributed by atoms with E-state index >= 15 is 0 Å². The molecule has 1 aromatic heterocycles. The van der Waals surface area contributed by atoms with Crippen molar-refractivity contribution in [2.24, 2.45) is 5.92 Å². The van der Waals surface area contributed by atoms with E-state index in [0.29, 0.717) is 13.1 Å². The van der Waals surface area contributed by atoms with E-state index in [9.17, 15) is 9.59 Å². The summed E-state index contributed by atoms with van der Waals surface area (Å²) in [6.07, 6.45) is 7.71. The third-order valence-electron chi connectivity index (χ3n) is 6.93. The van der Waals surface area contributed by atoms with E-state index < -0.39 is 5.92 Å². The highest BCUT2D eigenvalue weighted by molar-refractivity contribution is 5.90. The summed E-state index contributed by atoms with van der Waals surface area (Å²) in [7, 11) is 1.63. The van der Waals surface area contributed by atoms with Gasteiger partial charge in [-0.05, 0) is 55.0 Å². The van der Waals surface area contributed by atoms with E-state index in [4.69, 9.17) is 4.74 Å². The zero-order valence-corrected chi connectivity index (χ0v) is 20.3. The highest BCUT2D eigenvalue weighted by Gasteiger charge is 2.44. The summed E-state index contributed by atoms with van der Waals surface area (Å²) in [6.45, 7) is 5.29. The normalized spacial score (nSPS) is 20.5. The molecule has 2 aliphatic rings. The van der Waals surface area contributed by atoms with Crippen LogP contribution in [-0.4, -0.2) is 48.4 Å². The molecule has 7 nitrogen and oxygen atoms in total. The second-order valence-corrected chi connectivity index (χ2v) is 9.26. The number of carbonyl (C=O) groups is 2. The van der Waals surface area contributed by atoms with Gasteiger partial charge in [0.25, 0.3) is 0 Å². The second-order valence-electron chi connectivity index (χ2n) is 9.26. The Balaban J connectivity index is 1.43. The first-order valence-corrected chi connectivity index (χ1v) is 12.5. The number of aromatic nitrogens is 1. The summed E-state index contributed by atoms with van der Waals surface area (Å²) in [5, 5.41) is 3.06. The molecule has 2 saturated heterocycles. The van der Waals surface area contributed by atoms with E-state index in [0.717, 1.165) is 48.6 Å². The predicted octanol–water partition coefficient (Wildman–Crippen LogP) is 4.09. The van der Waals surface area contributed by atoms with Crippen molar-refractivity contribution >= 4 is 17.6 Å². The quantitative estimate of drug-likeness (QED) is 0.605. The van der Waals surface area contributed by atoms with E-state index in [1.807, 2.05) is 47.5 Å². The van der Waals surface area contributed by atoms with E-state index in [2.05, 4.69) is 22.1 Å². The summed E-state index contributed by atoms with van der Waals surface area (Å²) >= 11 is 0. The van der Waals surface area contributed by atoms with E-state index in [1.165, 1.54) is 19.3 Å². The molecule has 0 saturated carbocycles. The fourth-order valence-electron chi connectivity index (χ4n) is 4.98. The molecule has 2 atom stereocenters. The van der Waals surface area contributed by atoms with Crippen LogP contribution in [0.2, 0.25) is 0 Å². The van der Waals surface area contributed by atoms with Crippen molar-refractivity contribution in [3.05, 3.63) is 53.7 Å². The molecule has 2 unspecified atom stereocenters. The number of methoxy groups -OCH3 is 1. The first kappa shape index (κ1) is 24.0. The number of likely N-dealkylation sites (tertiary alicyclic amines) is 1. The predicted molar refractivity (Wildman–Crippen MR) is 133 cm³/mol. The molecule has 1 N–H and O–H groups in total. The van der Waals surface area contributed by atoms with Gasteiger partial charge in [-0.3, -0.25) is 9.59 Å². The number of hydrogen-bond acceptors (Lipinski definition) is 5. The van der Waals surface area contributed by atoms with Gasteiger partial charge in [0.1, 0.15) is 11.6 Å². The van der Waals surface area contributed by atoms with Crippen LogP contribution in [-0.2, 0) is 16.1 Å². The number of anilines is 1. The second kappa shape index (κ2) is 11.4. The molecule has 0 aliphatic carbocycles. The van der Waals surface area contributed by atoms with Crippen molar-refractivity contribution in [1.29, 1.82) is 0 Å². The number of carbonyl (C=O) groups excluding carboxylic acids is 2. The molecule has 0 spiro atoms.